The van der Waals surface area contributed by atoms with Crippen molar-refractivity contribution in [3.8, 4) is 17.1 Å². The summed E-state index contributed by atoms with van der Waals surface area (Å²) in [5.74, 6) is 0.437. The van der Waals surface area contributed by atoms with Crippen molar-refractivity contribution in [2.24, 2.45) is 0 Å². The maximum Gasteiger partial charge on any atom is 0.274 e. The van der Waals surface area contributed by atoms with Crippen LogP contribution in [0.2, 0.25) is 15.1 Å². The molecule has 1 aromatic heterocycles. The summed E-state index contributed by atoms with van der Waals surface area (Å²) in [4.78, 5) is 20.5. The number of hydrogen-bond donors (Lipinski definition) is 1. The molecule has 1 aliphatic heterocycles. The molecule has 0 atom stereocenters. The molecule has 0 aliphatic carbocycles. The third-order valence-electron chi connectivity index (χ3n) is 6.95. The van der Waals surface area contributed by atoms with Crippen LogP contribution in [0.1, 0.15) is 41.5 Å². The van der Waals surface area contributed by atoms with Gasteiger partial charge in [0.25, 0.3) is 5.91 Å². The molecular weight excluding hydrogens is 529 g/mol. The van der Waals surface area contributed by atoms with E-state index in [9.17, 15) is 9.90 Å². The molecular formula is C29H26Cl3N3O2. The molecule has 190 valence electrons. The minimum atomic E-state index is -1.03. The summed E-state index contributed by atoms with van der Waals surface area (Å²) in [6.07, 6.45) is 1.41. The third kappa shape index (κ3) is 5.01. The smallest absolute Gasteiger partial charge is 0.274 e. The molecule has 1 saturated heterocycles. The molecule has 0 saturated carbocycles. The Balaban J connectivity index is 1.52. The predicted octanol–water partition coefficient (Wildman–Crippen LogP) is 7.19. The second kappa shape index (κ2) is 10.5. The lowest BCUT2D eigenvalue weighted by Gasteiger charge is -2.38. The number of nitrogens with zero attached hydrogens (tertiary/aromatic N) is 3. The lowest BCUT2D eigenvalue weighted by atomic mass is 9.84. The number of halogens is 3. The minimum absolute atomic E-state index is 0.161. The van der Waals surface area contributed by atoms with E-state index in [1.54, 1.807) is 17.0 Å². The Morgan fingerprint density at radius 1 is 0.946 bits per heavy atom. The summed E-state index contributed by atoms with van der Waals surface area (Å²) >= 11 is 18.9. The van der Waals surface area contributed by atoms with E-state index >= 15 is 0 Å². The second-order valence-corrected chi connectivity index (χ2v) is 10.5. The van der Waals surface area contributed by atoms with Crippen LogP contribution in [0, 0.1) is 0 Å². The molecule has 37 heavy (non-hydrogen) atoms. The van der Waals surface area contributed by atoms with Gasteiger partial charge in [-0.2, -0.15) is 0 Å². The quantitative estimate of drug-likeness (QED) is 0.284. The van der Waals surface area contributed by atoms with Crippen LogP contribution in [0.4, 0.5) is 0 Å². The molecule has 1 aliphatic rings. The second-order valence-electron chi connectivity index (χ2n) is 9.21. The first-order valence-corrected chi connectivity index (χ1v) is 13.3. The van der Waals surface area contributed by atoms with Crippen molar-refractivity contribution in [1.82, 2.24) is 14.5 Å². The molecule has 1 fully saturated rings. The van der Waals surface area contributed by atoms with E-state index in [0.29, 0.717) is 58.9 Å². The van der Waals surface area contributed by atoms with E-state index in [4.69, 9.17) is 39.8 Å². The van der Waals surface area contributed by atoms with E-state index in [2.05, 4.69) is 0 Å². The zero-order chi connectivity index (χ0) is 26.2. The maximum atomic E-state index is 13.8. The average molecular weight is 555 g/mol. The molecule has 0 unspecified atom stereocenters. The standard InChI is InChI=1S/C29H26Cl3N3O2/c1-2-25-26(28(36)34-16-14-29(37,15-17-34)19-6-5-7-21(31)18-19)33-27(23-8-3-4-9-24(23)32)35(25)22-12-10-20(30)11-13-22/h3-13,18,37H,2,14-17H2,1H3. The van der Waals surface area contributed by atoms with Crippen molar-refractivity contribution in [1.29, 1.82) is 0 Å². The highest BCUT2D eigenvalue weighted by Gasteiger charge is 2.37. The fraction of sp³-hybridized carbons (Fsp3) is 0.241. The van der Waals surface area contributed by atoms with Crippen LogP contribution >= 0.6 is 34.8 Å². The first kappa shape index (κ1) is 25.8. The Kier molecular flexibility index (Phi) is 7.32. The van der Waals surface area contributed by atoms with Crippen LogP contribution in [-0.2, 0) is 12.0 Å². The van der Waals surface area contributed by atoms with Gasteiger partial charge in [-0.1, -0.05) is 66.0 Å². The average Bonchev–Trinajstić information content (AvgIpc) is 3.29. The largest absolute Gasteiger partial charge is 0.385 e. The number of aliphatic hydroxyl groups is 1. The van der Waals surface area contributed by atoms with Crippen LogP contribution in [0.25, 0.3) is 17.1 Å². The topological polar surface area (TPSA) is 58.4 Å². The highest BCUT2D eigenvalue weighted by atomic mass is 35.5. The Hall–Kier alpha value is -2.83. The van der Waals surface area contributed by atoms with Gasteiger partial charge in [0.2, 0.25) is 0 Å². The maximum absolute atomic E-state index is 13.8. The predicted molar refractivity (Wildman–Crippen MR) is 149 cm³/mol. The van der Waals surface area contributed by atoms with Gasteiger partial charge in [0.15, 0.2) is 5.69 Å². The molecule has 5 rings (SSSR count). The van der Waals surface area contributed by atoms with E-state index in [1.165, 1.54) is 0 Å². The molecule has 0 spiro atoms. The fourth-order valence-corrected chi connectivity index (χ4v) is 5.48. The Bertz CT molecular complexity index is 1440. The van der Waals surface area contributed by atoms with Crippen molar-refractivity contribution in [2.45, 2.75) is 31.8 Å². The molecule has 2 heterocycles. The zero-order valence-corrected chi connectivity index (χ0v) is 22.6. The van der Waals surface area contributed by atoms with Gasteiger partial charge in [-0.3, -0.25) is 9.36 Å². The highest BCUT2D eigenvalue weighted by molar-refractivity contribution is 6.33. The summed E-state index contributed by atoms with van der Waals surface area (Å²) in [5, 5.41) is 13.0. The summed E-state index contributed by atoms with van der Waals surface area (Å²) in [5.41, 5.74) is 2.51. The van der Waals surface area contributed by atoms with Gasteiger partial charge in [0, 0.05) is 34.4 Å². The Morgan fingerprint density at radius 3 is 2.30 bits per heavy atom. The van der Waals surface area contributed by atoms with E-state index in [0.717, 1.165) is 22.5 Å². The Morgan fingerprint density at radius 2 is 1.65 bits per heavy atom. The van der Waals surface area contributed by atoms with Gasteiger partial charge in [-0.05, 0) is 73.4 Å². The van der Waals surface area contributed by atoms with E-state index in [-0.39, 0.29) is 5.91 Å². The minimum Gasteiger partial charge on any atom is -0.385 e. The van der Waals surface area contributed by atoms with E-state index < -0.39 is 5.60 Å². The summed E-state index contributed by atoms with van der Waals surface area (Å²) in [7, 11) is 0. The number of amides is 1. The molecule has 3 aromatic carbocycles. The van der Waals surface area contributed by atoms with Crippen LogP contribution in [0.3, 0.4) is 0 Å². The first-order valence-electron chi connectivity index (χ1n) is 12.2. The first-order chi connectivity index (χ1) is 17.8. The Labute approximate surface area is 231 Å². The van der Waals surface area contributed by atoms with Gasteiger partial charge in [0.05, 0.1) is 16.3 Å². The summed E-state index contributed by atoms with van der Waals surface area (Å²) in [6.45, 7) is 2.81. The zero-order valence-electron chi connectivity index (χ0n) is 20.3. The van der Waals surface area contributed by atoms with Gasteiger partial charge in [0.1, 0.15) is 5.82 Å². The van der Waals surface area contributed by atoms with Crippen molar-refractivity contribution in [2.75, 3.05) is 13.1 Å². The lowest BCUT2D eigenvalue weighted by Crippen LogP contribution is -2.45. The number of carbonyl (C=O) groups is 1. The van der Waals surface area contributed by atoms with Crippen molar-refractivity contribution >= 4 is 40.7 Å². The van der Waals surface area contributed by atoms with Crippen LogP contribution in [-0.4, -0.2) is 38.6 Å². The molecule has 8 heteroatoms. The van der Waals surface area contributed by atoms with Crippen LogP contribution < -0.4 is 0 Å². The number of rotatable bonds is 5. The number of aromatic nitrogens is 2. The fourth-order valence-electron chi connectivity index (χ4n) is 4.94. The number of likely N-dealkylation sites (tertiary alicyclic amines) is 1. The molecule has 4 aromatic rings. The molecule has 0 radical (unpaired) electrons. The summed E-state index contributed by atoms with van der Waals surface area (Å²) < 4.78 is 1.98. The van der Waals surface area contributed by atoms with Crippen molar-refractivity contribution < 1.29 is 9.90 Å². The number of benzene rings is 3. The molecule has 1 N–H and O–H groups in total. The number of carbonyl (C=O) groups excluding carboxylic acids is 1. The monoisotopic (exact) mass is 553 g/mol. The van der Waals surface area contributed by atoms with Crippen molar-refractivity contribution in [3.63, 3.8) is 0 Å². The van der Waals surface area contributed by atoms with Crippen LogP contribution in [0.5, 0.6) is 0 Å². The number of piperidine rings is 1. The van der Waals surface area contributed by atoms with Crippen molar-refractivity contribution in [3.05, 3.63) is 105 Å². The van der Waals surface area contributed by atoms with Crippen LogP contribution in [0.15, 0.2) is 72.8 Å². The van der Waals surface area contributed by atoms with Gasteiger partial charge in [-0.25, -0.2) is 4.98 Å². The lowest BCUT2D eigenvalue weighted by molar-refractivity contribution is -0.0212. The highest BCUT2D eigenvalue weighted by Crippen LogP contribution is 2.36. The third-order valence-corrected chi connectivity index (χ3v) is 7.77. The number of hydrogen-bond acceptors (Lipinski definition) is 3. The number of imidazole rings is 1. The van der Waals surface area contributed by atoms with Gasteiger partial charge in [-0.15, -0.1) is 0 Å². The van der Waals surface area contributed by atoms with Gasteiger partial charge < -0.3 is 10.0 Å². The molecule has 0 bridgehead atoms. The normalized spacial score (nSPS) is 15.1. The molecule has 1 amide bonds. The van der Waals surface area contributed by atoms with E-state index in [1.807, 2.05) is 72.2 Å². The molecule has 5 nitrogen and oxygen atoms in total. The SMILES string of the molecule is CCc1c(C(=O)N2CCC(O)(c3cccc(Cl)c3)CC2)nc(-c2ccccc2Cl)n1-c1ccc(Cl)cc1. The van der Waals surface area contributed by atoms with Gasteiger partial charge >= 0.3 is 0 Å². The summed E-state index contributed by atoms with van der Waals surface area (Å²) in [6, 6.07) is 22.2.